The highest BCUT2D eigenvalue weighted by atomic mass is 15.5. The van der Waals surface area contributed by atoms with Crippen LogP contribution < -0.4 is 5.43 Å². The molecule has 0 aromatic heterocycles. The maximum absolute atomic E-state index is 3.77. The van der Waals surface area contributed by atoms with E-state index in [1.165, 1.54) is 41.5 Å². The van der Waals surface area contributed by atoms with Crippen molar-refractivity contribution in [3.8, 4) is 0 Å². The van der Waals surface area contributed by atoms with Crippen molar-refractivity contribution in [2.45, 2.75) is 78.9 Å². The average molecular weight is 274 g/mol. The molecule has 1 N–H and O–H groups in total. The molecule has 1 aliphatic heterocycles. The van der Waals surface area contributed by atoms with E-state index in [0.29, 0.717) is 18.1 Å². The van der Waals surface area contributed by atoms with Crippen molar-refractivity contribution in [2.75, 3.05) is 0 Å². The third kappa shape index (κ3) is 3.24. The van der Waals surface area contributed by atoms with Gasteiger partial charge in [0.1, 0.15) is 0 Å². The van der Waals surface area contributed by atoms with Crippen molar-refractivity contribution < 1.29 is 0 Å². The first-order valence-corrected chi connectivity index (χ1v) is 8.02. The molecule has 0 spiro atoms. The highest BCUT2D eigenvalue weighted by Crippen LogP contribution is 2.27. The van der Waals surface area contributed by atoms with Crippen LogP contribution in [0.1, 0.15) is 68.3 Å². The summed E-state index contributed by atoms with van der Waals surface area (Å²) in [6.45, 7) is 13.6. The van der Waals surface area contributed by atoms with Crippen molar-refractivity contribution in [1.82, 2.24) is 10.4 Å². The Hall–Kier alpha value is -0.860. The molecule has 2 heteroatoms. The van der Waals surface area contributed by atoms with Crippen molar-refractivity contribution in [1.29, 1.82) is 0 Å². The van der Waals surface area contributed by atoms with Gasteiger partial charge in [0.15, 0.2) is 0 Å². The van der Waals surface area contributed by atoms with Gasteiger partial charge >= 0.3 is 0 Å². The third-order valence-corrected chi connectivity index (χ3v) is 4.71. The standard InChI is InChI=1S/C18H30N2/c1-12-10-13(2)18(14(3)11-12)17(6)19-20-15(4)8-7-9-16(20)5/h10-11,15-17,19H,7-9H2,1-6H3. The third-order valence-electron chi connectivity index (χ3n) is 4.71. The summed E-state index contributed by atoms with van der Waals surface area (Å²) in [5, 5.41) is 2.48. The van der Waals surface area contributed by atoms with Crippen LogP contribution >= 0.6 is 0 Å². The van der Waals surface area contributed by atoms with E-state index in [1.807, 2.05) is 0 Å². The van der Waals surface area contributed by atoms with Gasteiger partial charge in [0.05, 0.1) is 0 Å². The molecule has 1 saturated heterocycles. The second-order valence-electron chi connectivity index (χ2n) is 6.70. The van der Waals surface area contributed by atoms with Crippen molar-refractivity contribution in [3.63, 3.8) is 0 Å². The minimum Gasteiger partial charge on any atom is -0.247 e. The van der Waals surface area contributed by atoms with Crippen LogP contribution in [0.3, 0.4) is 0 Å². The summed E-state index contributed by atoms with van der Waals surface area (Å²) in [7, 11) is 0. The molecule has 0 amide bonds. The van der Waals surface area contributed by atoms with E-state index in [1.54, 1.807) is 0 Å². The van der Waals surface area contributed by atoms with Crippen molar-refractivity contribution in [3.05, 3.63) is 34.4 Å². The van der Waals surface area contributed by atoms with Gasteiger partial charge < -0.3 is 0 Å². The maximum Gasteiger partial charge on any atom is 0.0442 e. The molecule has 1 heterocycles. The van der Waals surface area contributed by atoms with Crippen LogP contribution in [0.5, 0.6) is 0 Å². The molecule has 3 unspecified atom stereocenters. The average Bonchev–Trinajstić information content (AvgIpc) is 2.32. The van der Waals surface area contributed by atoms with Gasteiger partial charge in [0, 0.05) is 18.1 Å². The monoisotopic (exact) mass is 274 g/mol. The number of rotatable bonds is 3. The normalized spacial score (nSPS) is 25.7. The summed E-state index contributed by atoms with van der Waals surface area (Å²) in [6, 6.07) is 6.23. The Morgan fingerprint density at radius 1 is 1.05 bits per heavy atom. The fourth-order valence-corrected chi connectivity index (χ4v) is 3.84. The molecular formula is C18H30N2. The number of piperidine rings is 1. The van der Waals surface area contributed by atoms with E-state index >= 15 is 0 Å². The fourth-order valence-electron chi connectivity index (χ4n) is 3.84. The molecule has 1 fully saturated rings. The van der Waals surface area contributed by atoms with Crippen LogP contribution in [-0.2, 0) is 0 Å². The smallest absolute Gasteiger partial charge is 0.0442 e. The lowest BCUT2D eigenvalue weighted by atomic mass is 9.94. The molecule has 0 radical (unpaired) electrons. The molecule has 112 valence electrons. The van der Waals surface area contributed by atoms with Crippen molar-refractivity contribution in [2.24, 2.45) is 0 Å². The highest BCUT2D eigenvalue weighted by molar-refractivity contribution is 5.39. The molecule has 20 heavy (non-hydrogen) atoms. The largest absolute Gasteiger partial charge is 0.247 e. The zero-order chi connectivity index (χ0) is 14.9. The van der Waals surface area contributed by atoms with Crippen LogP contribution in [0.15, 0.2) is 12.1 Å². The summed E-state index contributed by atoms with van der Waals surface area (Å²) in [5.41, 5.74) is 9.39. The lowest BCUT2D eigenvalue weighted by Gasteiger charge is -2.41. The predicted molar refractivity (Wildman–Crippen MR) is 86.8 cm³/mol. The van der Waals surface area contributed by atoms with Gasteiger partial charge in [-0.25, -0.2) is 10.4 Å². The number of hydrogen-bond donors (Lipinski definition) is 1. The zero-order valence-corrected chi connectivity index (χ0v) is 14.0. The van der Waals surface area contributed by atoms with E-state index in [4.69, 9.17) is 0 Å². The van der Waals surface area contributed by atoms with Crippen LogP contribution in [0.2, 0.25) is 0 Å². The molecule has 1 aromatic rings. The van der Waals surface area contributed by atoms with Crippen LogP contribution in [0.4, 0.5) is 0 Å². The molecule has 1 aliphatic rings. The minimum absolute atomic E-state index is 0.374. The number of aryl methyl sites for hydroxylation is 3. The quantitative estimate of drug-likeness (QED) is 0.876. The highest BCUT2D eigenvalue weighted by Gasteiger charge is 2.26. The van der Waals surface area contributed by atoms with Crippen molar-refractivity contribution >= 4 is 0 Å². The second-order valence-corrected chi connectivity index (χ2v) is 6.70. The lowest BCUT2D eigenvalue weighted by molar-refractivity contribution is 0.0318. The number of nitrogens with zero attached hydrogens (tertiary/aromatic N) is 1. The Morgan fingerprint density at radius 2 is 1.55 bits per heavy atom. The molecule has 0 saturated carbocycles. The molecule has 0 bridgehead atoms. The Bertz CT molecular complexity index is 433. The summed E-state index contributed by atoms with van der Waals surface area (Å²) in [5.74, 6) is 0. The minimum atomic E-state index is 0.374. The summed E-state index contributed by atoms with van der Waals surface area (Å²) >= 11 is 0. The molecule has 2 nitrogen and oxygen atoms in total. The van der Waals surface area contributed by atoms with E-state index in [9.17, 15) is 0 Å². The Labute approximate surface area is 124 Å². The van der Waals surface area contributed by atoms with Gasteiger partial charge in [-0.1, -0.05) is 24.1 Å². The van der Waals surface area contributed by atoms with Crippen LogP contribution in [0, 0.1) is 20.8 Å². The number of benzene rings is 1. The summed E-state index contributed by atoms with van der Waals surface area (Å²) in [4.78, 5) is 0. The van der Waals surface area contributed by atoms with Crippen LogP contribution in [-0.4, -0.2) is 17.1 Å². The molecule has 1 aromatic carbocycles. The fraction of sp³-hybridized carbons (Fsp3) is 0.667. The summed E-state index contributed by atoms with van der Waals surface area (Å²) < 4.78 is 0. The first-order chi connectivity index (χ1) is 9.40. The van der Waals surface area contributed by atoms with Gasteiger partial charge in [0.2, 0.25) is 0 Å². The Morgan fingerprint density at radius 3 is 2.05 bits per heavy atom. The van der Waals surface area contributed by atoms with E-state index in [0.717, 1.165) is 0 Å². The number of nitrogens with one attached hydrogen (secondary N) is 1. The molecular weight excluding hydrogens is 244 g/mol. The summed E-state index contributed by atoms with van der Waals surface area (Å²) in [6.07, 6.45) is 3.96. The van der Waals surface area contributed by atoms with E-state index in [-0.39, 0.29) is 0 Å². The van der Waals surface area contributed by atoms with Gasteiger partial charge in [0.25, 0.3) is 0 Å². The maximum atomic E-state index is 3.77. The SMILES string of the molecule is Cc1cc(C)c(C(C)NN2C(C)CCCC2C)c(C)c1. The van der Waals surface area contributed by atoms with E-state index < -0.39 is 0 Å². The topological polar surface area (TPSA) is 15.3 Å². The second kappa shape index (κ2) is 6.28. The lowest BCUT2D eigenvalue weighted by Crippen LogP contribution is -2.52. The Kier molecular flexibility index (Phi) is 4.87. The van der Waals surface area contributed by atoms with Gasteiger partial charge in [-0.05, 0) is 71.1 Å². The van der Waals surface area contributed by atoms with Crippen LogP contribution in [0.25, 0.3) is 0 Å². The van der Waals surface area contributed by atoms with Gasteiger partial charge in [-0.3, -0.25) is 0 Å². The molecule has 3 atom stereocenters. The first kappa shape index (κ1) is 15.5. The van der Waals surface area contributed by atoms with Gasteiger partial charge in [-0.15, -0.1) is 0 Å². The zero-order valence-electron chi connectivity index (χ0n) is 14.0. The predicted octanol–water partition coefficient (Wildman–Crippen LogP) is 4.44. The number of hydrazine groups is 1. The molecule has 2 rings (SSSR count). The molecule has 0 aliphatic carbocycles. The van der Waals surface area contributed by atoms with Gasteiger partial charge in [-0.2, -0.15) is 0 Å². The Balaban J connectivity index is 2.17. The van der Waals surface area contributed by atoms with E-state index in [2.05, 4.69) is 64.1 Å². The first-order valence-electron chi connectivity index (χ1n) is 8.02. The number of hydrogen-bond acceptors (Lipinski definition) is 2.